The number of Topliss-reactive ketones (excluding diaryl/α,β-unsaturated/α-hetero) is 1. The molecule has 3 rings (SSSR count). The smallest absolute Gasteiger partial charge is 0.408 e. The molecule has 1 aliphatic rings. The number of ether oxygens (including phenoxy) is 2. The van der Waals surface area contributed by atoms with Gasteiger partial charge in [0.1, 0.15) is 0 Å². The fourth-order valence-electron chi connectivity index (χ4n) is 2.48. The molecule has 6 heteroatoms. The van der Waals surface area contributed by atoms with E-state index in [2.05, 4.69) is 5.32 Å². The lowest BCUT2D eigenvalue weighted by atomic mass is 10.1. The van der Waals surface area contributed by atoms with E-state index in [-0.39, 0.29) is 5.78 Å². The molecular weight excluding hydrogens is 334 g/mol. The van der Waals surface area contributed by atoms with Crippen LogP contribution in [0.5, 0.6) is 0 Å². The van der Waals surface area contributed by atoms with Gasteiger partial charge in [0.2, 0.25) is 0 Å². The van der Waals surface area contributed by atoms with Crippen molar-refractivity contribution in [2.24, 2.45) is 0 Å². The van der Waals surface area contributed by atoms with Gasteiger partial charge in [0.05, 0.1) is 0 Å². The van der Waals surface area contributed by atoms with Crippen LogP contribution < -0.4 is 5.32 Å². The van der Waals surface area contributed by atoms with Crippen molar-refractivity contribution in [1.29, 1.82) is 0 Å². The predicted molar refractivity (Wildman–Crippen MR) is 94.4 cm³/mol. The van der Waals surface area contributed by atoms with E-state index >= 15 is 0 Å². The van der Waals surface area contributed by atoms with Gasteiger partial charge in [-0.3, -0.25) is 4.79 Å². The SMILES string of the molecule is O=C1NC(C(=O)OCC(=O)c2ccccc2)C(/C=C/c2ccccc2)O1. The maximum atomic E-state index is 12.2. The molecule has 2 unspecified atom stereocenters. The Morgan fingerprint density at radius 3 is 2.38 bits per heavy atom. The number of carbonyl (C=O) groups excluding carboxylic acids is 3. The van der Waals surface area contributed by atoms with Crippen LogP contribution in [0.2, 0.25) is 0 Å². The number of cyclic esters (lactones) is 1. The molecule has 0 aromatic heterocycles. The molecule has 1 aliphatic heterocycles. The molecule has 6 nitrogen and oxygen atoms in total. The summed E-state index contributed by atoms with van der Waals surface area (Å²) in [4.78, 5) is 35.8. The Balaban J connectivity index is 1.60. The van der Waals surface area contributed by atoms with Crippen molar-refractivity contribution in [3.05, 3.63) is 77.9 Å². The first-order chi connectivity index (χ1) is 12.6. The molecule has 1 saturated heterocycles. The van der Waals surface area contributed by atoms with Crippen LogP contribution in [0.15, 0.2) is 66.7 Å². The predicted octanol–water partition coefficient (Wildman–Crippen LogP) is 2.60. The van der Waals surface area contributed by atoms with Crippen molar-refractivity contribution in [1.82, 2.24) is 5.32 Å². The number of esters is 1. The molecular formula is C20H17NO5. The van der Waals surface area contributed by atoms with Gasteiger partial charge in [-0.05, 0) is 11.6 Å². The average Bonchev–Trinajstić information content (AvgIpc) is 3.06. The van der Waals surface area contributed by atoms with Crippen molar-refractivity contribution >= 4 is 23.9 Å². The lowest BCUT2D eigenvalue weighted by molar-refractivity contribution is -0.145. The number of hydrogen-bond donors (Lipinski definition) is 1. The molecule has 26 heavy (non-hydrogen) atoms. The zero-order valence-corrected chi connectivity index (χ0v) is 13.8. The minimum atomic E-state index is -0.994. The lowest BCUT2D eigenvalue weighted by Crippen LogP contribution is -2.40. The standard InChI is InChI=1S/C20H17NO5/c22-16(15-9-5-2-6-10-15)13-25-19(23)18-17(26-20(24)21-18)12-11-14-7-3-1-4-8-14/h1-12,17-18H,13H2,(H,21,24)/b12-11+. The molecule has 0 radical (unpaired) electrons. The highest BCUT2D eigenvalue weighted by Gasteiger charge is 2.39. The summed E-state index contributed by atoms with van der Waals surface area (Å²) in [5.74, 6) is -1.04. The Labute approximate surface area is 150 Å². The average molecular weight is 351 g/mol. The van der Waals surface area contributed by atoms with Gasteiger partial charge >= 0.3 is 12.1 Å². The monoisotopic (exact) mass is 351 g/mol. The van der Waals surface area contributed by atoms with E-state index < -0.39 is 30.8 Å². The van der Waals surface area contributed by atoms with Crippen LogP contribution in [0.3, 0.4) is 0 Å². The highest BCUT2D eigenvalue weighted by molar-refractivity contribution is 5.98. The molecule has 1 fully saturated rings. The summed E-state index contributed by atoms with van der Waals surface area (Å²) < 4.78 is 10.1. The molecule has 2 aromatic carbocycles. The van der Waals surface area contributed by atoms with E-state index in [1.807, 2.05) is 30.3 Å². The van der Waals surface area contributed by atoms with Crippen molar-refractivity contribution in [3.8, 4) is 0 Å². The maximum Gasteiger partial charge on any atom is 0.408 e. The number of ketones is 1. The molecule has 0 saturated carbocycles. The van der Waals surface area contributed by atoms with Crippen LogP contribution in [-0.2, 0) is 14.3 Å². The van der Waals surface area contributed by atoms with Crippen LogP contribution in [0.25, 0.3) is 6.08 Å². The number of rotatable bonds is 6. The van der Waals surface area contributed by atoms with Crippen LogP contribution >= 0.6 is 0 Å². The molecule has 2 atom stereocenters. The second kappa shape index (κ2) is 8.11. The summed E-state index contributed by atoms with van der Waals surface area (Å²) in [6.07, 6.45) is 1.85. The van der Waals surface area contributed by atoms with E-state index in [1.54, 1.807) is 42.5 Å². The third-order valence-corrected chi connectivity index (χ3v) is 3.82. The Morgan fingerprint density at radius 2 is 1.69 bits per heavy atom. The highest BCUT2D eigenvalue weighted by atomic mass is 16.6. The molecule has 2 aromatic rings. The first-order valence-electron chi connectivity index (χ1n) is 8.09. The van der Waals surface area contributed by atoms with E-state index in [1.165, 1.54) is 0 Å². The van der Waals surface area contributed by atoms with E-state index in [0.29, 0.717) is 5.56 Å². The van der Waals surface area contributed by atoms with E-state index in [0.717, 1.165) is 5.56 Å². The minimum Gasteiger partial charge on any atom is -0.456 e. The van der Waals surface area contributed by atoms with Gasteiger partial charge in [0.15, 0.2) is 24.5 Å². The summed E-state index contributed by atoms with van der Waals surface area (Å²) >= 11 is 0. The topological polar surface area (TPSA) is 81.7 Å². The van der Waals surface area contributed by atoms with Gasteiger partial charge < -0.3 is 14.8 Å². The Kier molecular flexibility index (Phi) is 5.43. The molecule has 0 spiro atoms. The number of alkyl carbamates (subject to hydrolysis) is 1. The summed E-state index contributed by atoms with van der Waals surface area (Å²) in [6.45, 7) is -0.398. The Hall–Kier alpha value is -3.41. The number of hydrogen-bond acceptors (Lipinski definition) is 5. The fraction of sp³-hybridized carbons (Fsp3) is 0.150. The minimum absolute atomic E-state index is 0.319. The molecule has 0 aliphatic carbocycles. The Morgan fingerprint density at radius 1 is 1.04 bits per heavy atom. The van der Waals surface area contributed by atoms with Crippen LogP contribution in [0.1, 0.15) is 15.9 Å². The molecule has 1 amide bonds. The first kappa shape index (κ1) is 17.4. The number of benzene rings is 2. The van der Waals surface area contributed by atoms with Gasteiger partial charge in [0, 0.05) is 5.56 Å². The van der Waals surface area contributed by atoms with Crippen molar-refractivity contribution in [3.63, 3.8) is 0 Å². The zero-order chi connectivity index (χ0) is 18.4. The van der Waals surface area contributed by atoms with Crippen molar-refractivity contribution in [2.45, 2.75) is 12.1 Å². The van der Waals surface area contributed by atoms with Crippen LogP contribution in [0.4, 0.5) is 4.79 Å². The number of carbonyl (C=O) groups is 3. The third-order valence-electron chi connectivity index (χ3n) is 3.82. The summed E-state index contributed by atoms with van der Waals surface area (Å²) in [6, 6.07) is 16.9. The largest absolute Gasteiger partial charge is 0.456 e. The van der Waals surface area contributed by atoms with Crippen molar-refractivity contribution < 1.29 is 23.9 Å². The summed E-state index contributed by atoms with van der Waals surface area (Å²) in [7, 11) is 0. The third kappa shape index (κ3) is 4.36. The molecule has 1 N–H and O–H groups in total. The normalized spacial score (nSPS) is 19.0. The first-order valence-corrected chi connectivity index (χ1v) is 8.09. The lowest BCUT2D eigenvalue weighted by Gasteiger charge is -2.12. The van der Waals surface area contributed by atoms with Gasteiger partial charge in [-0.1, -0.05) is 66.7 Å². The van der Waals surface area contributed by atoms with Gasteiger partial charge in [-0.2, -0.15) is 0 Å². The number of amides is 1. The van der Waals surface area contributed by atoms with Crippen LogP contribution in [-0.4, -0.2) is 36.6 Å². The van der Waals surface area contributed by atoms with E-state index in [4.69, 9.17) is 9.47 Å². The summed E-state index contributed by atoms with van der Waals surface area (Å²) in [5.41, 5.74) is 1.36. The van der Waals surface area contributed by atoms with E-state index in [9.17, 15) is 14.4 Å². The van der Waals surface area contributed by atoms with Gasteiger partial charge in [-0.25, -0.2) is 9.59 Å². The van der Waals surface area contributed by atoms with Gasteiger partial charge in [-0.15, -0.1) is 0 Å². The highest BCUT2D eigenvalue weighted by Crippen LogP contribution is 2.14. The maximum absolute atomic E-state index is 12.2. The van der Waals surface area contributed by atoms with Crippen molar-refractivity contribution in [2.75, 3.05) is 6.61 Å². The zero-order valence-electron chi connectivity index (χ0n) is 13.8. The number of nitrogens with one attached hydrogen (secondary N) is 1. The molecule has 0 bridgehead atoms. The second-order valence-corrected chi connectivity index (χ2v) is 5.66. The fourth-order valence-corrected chi connectivity index (χ4v) is 2.48. The molecule has 132 valence electrons. The quantitative estimate of drug-likeness (QED) is 0.639. The Bertz CT molecular complexity index is 817. The van der Waals surface area contributed by atoms with Gasteiger partial charge in [0.25, 0.3) is 0 Å². The summed E-state index contributed by atoms with van der Waals surface area (Å²) in [5, 5.41) is 2.41. The second-order valence-electron chi connectivity index (χ2n) is 5.66. The molecule has 1 heterocycles. The van der Waals surface area contributed by atoms with Crippen LogP contribution in [0, 0.1) is 0 Å².